The molecule has 3 aromatic rings. The van der Waals surface area contributed by atoms with Crippen molar-refractivity contribution in [3.8, 4) is 11.3 Å². The number of nitrogens with zero attached hydrogens (tertiary/aromatic N) is 2. The van der Waals surface area contributed by atoms with E-state index in [9.17, 15) is 0 Å². The minimum atomic E-state index is 0.454. The van der Waals surface area contributed by atoms with Gasteiger partial charge in [-0.3, -0.25) is 0 Å². The number of para-hydroxylation sites is 1. The van der Waals surface area contributed by atoms with Crippen LogP contribution in [-0.4, -0.2) is 28.0 Å². The normalized spacial score (nSPS) is 19.0. The molecule has 1 atom stereocenters. The van der Waals surface area contributed by atoms with E-state index in [0.717, 1.165) is 35.7 Å². The van der Waals surface area contributed by atoms with Crippen molar-refractivity contribution in [2.75, 3.05) is 13.1 Å². The average Bonchev–Trinajstić information content (AvgIpc) is 3.00. The van der Waals surface area contributed by atoms with Gasteiger partial charge in [0.25, 0.3) is 0 Å². The number of H-pyrrole nitrogens is 1. The fraction of sp³-hybridized carbons (Fsp3) is 0.294. The Balaban J connectivity index is 1.63. The second-order valence-corrected chi connectivity index (χ2v) is 5.64. The molecule has 1 fully saturated rings. The molecule has 1 aromatic carbocycles. The lowest BCUT2D eigenvalue weighted by Crippen LogP contribution is -2.29. The van der Waals surface area contributed by atoms with Crippen molar-refractivity contribution in [3.05, 3.63) is 48.5 Å². The highest BCUT2D eigenvalue weighted by molar-refractivity contribution is 5.85. The van der Waals surface area contributed by atoms with Crippen LogP contribution in [0.3, 0.4) is 0 Å². The molecule has 4 nitrogen and oxygen atoms in total. The van der Waals surface area contributed by atoms with Gasteiger partial charge in [-0.25, -0.2) is 9.97 Å². The molecule has 1 aliphatic rings. The number of rotatable bonds is 2. The van der Waals surface area contributed by atoms with E-state index < -0.39 is 0 Å². The van der Waals surface area contributed by atoms with Crippen molar-refractivity contribution < 1.29 is 0 Å². The van der Waals surface area contributed by atoms with Crippen molar-refractivity contribution in [1.82, 2.24) is 20.3 Å². The van der Waals surface area contributed by atoms with Crippen LogP contribution >= 0.6 is 0 Å². The third-order valence-electron chi connectivity index (χ3n) is 4.17. The molecule has 3 heterocycles. The number of piperidine rings is 1. The molecule has 1 unspecified atom stereocenters. The number of hydrogen-bond acceptors (Lipinski definition) is 3. The molecule has 2 N–H and O–H groups in total. The van der Waals surface area contributed by atoms with Gasteiger partial charge >= 0.3 is 0 Å². The van der Waals surface area contributed by atoms with Crippen LogP contribution < -0.4 is 5.32 Å². The third-order valence-corrected chi connectivity index (χ3v) is 4.17. The summed E-state index contributed by atoms with van der Waals surface area (Å²) in [6, 6.07) is 10.4. The van der Waals surface area contributed by atoms with Gasteiger partial charge in [0.15, 0.2) is 0 Å². The van der Waals surface area contributed by atoms with E-state index in [1.807, 2.05) is 18.5 Å². The first-order chi connectivity index (χ1) is 10.4. The summed E-state index contributed by atoms with van der Waals surface area (Å²) < 4.78 is 0. The lowest BCUT2D eigenvalue weighted by molar-refractivity contribution is 0.446. The average molecular weight is 278 g/mol. The molecule has 21 heavy (non-hydrogen) atoms. The summed E-state index contributed by atoms with van der Waals surface area (Å²) >= 11 is 0. The predicted molar refractivity (Wildman–Crippen MR) is 84.2 cm³/mol. The molecule has 4 heteroatoms. The van der Waals surface area contributed by atoms with E-state index in [1.54, 1.807) is 0 Å². The maximum atomic E-state index is 4.58. The highest BCUT2D eigenvalue weighted by Gasteiger charge is 2.17. The number of hydrogen-bond donors (Lipinski definition) is 2. The zero-order valence-electron chi connectivity index (χ0n) is 11.8. The number of benzene rings is 1. The van der Waals surface area contributed by atoms with Crippen LogP contribution in [0.25, 0.3) is 22.2 Å². The van der Waals surface area contributed by atoms with Crippen LogP contribution in [-0.2, 0) is 0 Å². The van der Waals surface area contributed by atoms with Crippen LogP contribution in [0.2, 0.25) is 0 Å². The van der Waals surface area contributed by atoms with Gasteiger partial charge in [0.1, 0.15) is 5.82 Å². The molecule has 0 spiro atoms. The summed E-state index contributed by atoms with van der Waals surface area (Å²) in [5.41, 5.74) is 3.26. The Morgan fingerprint density at radius 1 is 1.10 bits per heavy atom. The van der Waals surface area contributed by atoms with Gasteiger partial charge in [0.2, 0.25) is 0 Å². The Hall–Kier alpha value is -2.20. The summed E-state index contributed by atoms with van der Waals surface area (Å²) in [6.45, 7) is 2.11. The van der Waals surface area contributed by atoms with Gasteiger partial charge in [-0.15, -0.1) is 0 Å². The van der Waals surface area contributed by atoms with E-state index in [2.05, 4.69) is 44.5 Å². The maximum absolute atomic E-state index is 4.58. The second kappa shape index (κ2) is 5.30. The quantitative estimate of drug-likeness (QED) is 0.757. The highest BCUT2D eigenvalue weighted by atomic mass is 14.9. The van der Waals surface area contributed by atoms with Crippen LogP contribution in [0.15, 0.2) is 42.7 Å². The zero-order valence-corrected chi connectivity index (χ0v) is 11.8. The predicted octanol–water partition coefficient (Wildman–Crippen LogP) is 3.09. The Morgan fingerprint density at radius 2 is 1.95 bits per heavy atom. The van der Waals surface area contributed by atoms with Crippen LogP contribution in [0, 0.1) is 0 Å². The maximum Gasteiger partial charge on any atom is 0.132 e. The van der Waals surface area contributed by atoms with E-state index >= 15 is 0 Å². The molecule has 106 valence electrons. The lowest BCUT2D eigenvalue weighted by Gasteiger charge is -2.21. The Kier molecular flexibility index (Phi) is 3.16. The Bertz CT molecular complexity index is 706. The molecular weight excluding hydrogens is 260 g/mol. The molecule has 4 rings (SSSR count). The largest absolute Gasteiger partial charge is 0.354 e. The second-order valence-electron chi connectivity index (χ2n) is 5.64. The molecule has 0 radical (unpaired) electrons. The first-order valence-corrected chi connectivity index (χ1v) is 7.51. The minimum Gasteiger partial charge on any atom is -0.354 e. The molecular formula is C17H18N4. The zero-order chi connectivity index (χ0) is 14.1. The van der Waals surface area contributed by atoms with Crippen LogP contribution in [0.4, 0.5) is 0 Å². The van der Waals surface area contributed by atoms with Crippen molar-refractivity contribution in [2.24, 2.45) is 0 Å². The van der Waals surface area contributed by atoms with E-state index in [4.69, 9.17) is 0 Å². The van der Waals surface area contributed by atoms with Gasteiger partial charge in [-0.2, -0.15) is 0 Å². The standard InChI is InChI=1S/C17H18N4/c1-2-6-15-12(4-1)8-16(21-15)14-10-19-17(20-11-14)13-5-3-7-18-9-13/h1-2,4,6,8,10-11,13,18,21H,3,5,7,9H2. The molecule has 1 saturated heterocycles. The molecule has 0 amide bonds. The van der Waals surface area contributed by atoms with Gasteiger partial charge in [0, 0.05) is 47.0 Å². The molecule has 0 bridgehead atoms. The smallest absolute Gasteiger partial charge is 0.132 e. The molecule has 0 aliphatic carbocycles. The van der Waals surface area contributed by atoms with Gasteiger partial charge in [-0.1, -0.05) is 18.2 Å². The van der Waals surface area contributed by atoms with Crippen molar-refractivity contribution in [1.29, 1.82) is 0 Å². The van der Waals surface area contributed by atoms with Crippen molar-refractivity contribution in [2.45, 2.75) is 18.8 Å². The number of aromatic amines is 1. The third kappa shape index (κ3) is 2.43. The van der Waals surface area contributed by atoms with E-state index in [-0.39, 0.29) is 0 Å². The SMILES string of the molecule is c1ccc2[nH]c(-c3cnc(C4CCCNC4)nc3)cc2c1. The first kappa shape index (κ1) is 12.5. The van der Waals surface area contributed by atoms with Crippen LogP contribution in [0.1, 0.15) is 24.6 Å². The Labute approximate surface area is 123 Å². The topological polar surface area (TPSA) is 53.6 Å². The van der Waals surface area contributed by atoms with Gasteiger partial charge in [-0.05, 0) is 31.5 Å². The van der Waals surface area contributed by atoms with Crippen molar-refractivity contribution >= 4 is 10.9 Å². The van der Waals surface area contributed by atoms with Crippen molar-refractivity contribution in [3.63, 3.8) is 0 Å². The van der Waals surface area contributed by atoms with Gasteiger partial charge in [0.05, 0.1) is 0 Å². The summed E-state index contributed by atoms with van der Waals surface area (Å²) in [4.78, 5) is 12.6. The monoisotopic (exact) mass is 278 g/mol. The minimum absolute atomic E-state index is 0.454. The van der Waals surface area contributed by atoms with E-state index in [0.29, 0.717) is 5.92 Å². The first-order valence-electron chi connectivity index (χ1n) is 7.51. The fourth-order valence-electron chi connectivity index (χ4n) is 2.99. The molecule has 2 aromatic heterocycles. The van der Waals surface area contributed by atoms with Crippen LogP contribution in [0.5, 0.6) is 0 Å². The fourth-order valence-corrected chi connectivity index (χ4v) is 2.99. The summed E-state index contributed by atoms with van der Waals surface area (Å²) in [5.74, 6) is 1.41. The van der Waals surface area contributed by atoms with E-state index in [1.165, 1.54) is 18.2 Å². The molecule has 0 saturated carbocycles. The molecule has 1 aliphatic heterocycles. The number of nitrogens with one attached hydrogen (secondary N) is 2. The highest BCUT2D eigenvalue weighted by Crippen LogP contribution is 2.25. The van der Waals surface area contributed by atoms with Gasteiger partial charge < -0.3 is 10.3 Å². The summed E-state index contributed by atoms with van der Waals surface area (Å²) in [5, 5.41) is 4.63. The summed E-state index contributed by atoms with van der Waals surface area (Å²) in [6.07, 6.45) is 6.25. The number of aromatic nitrogens is 3. The number of fused-ring (bicyclic) bond motifs is 1. The summed E-state index contributed by atoms with van der Waals surface area (Å²) in [7, 11) is 0. The Morgan fingerprint density at radius 3 is 2.71 bits per heavy atom. The lowest BCUT2D eigenvalue weighted by atomic mass is 9.99.